The fourth-order valence-electron chi connectivity index (χ4n) is 15.8. The molecule has 2 amide bonds. The molecule has 18 nitrogen and oxygen atoms in total. The zero-order valence-electron chi connectivity index (χ0n) is 69.0. The van der Waals surface area contributed by atoms with Gasteiger partial charge in [-0.3, -0.25) is 33.9 Å². The minimum Gasteiger partial charge on any atom is -0.317 e. The average Bonchev–Trinajstić information content (AvgIpc) is 1.63. The summed E-state index contributed by atoms with van der Waals surface area (Å²) in [7, 11) is 1.93. The maximum atomic E-state index is 13.6. The molecule has 7 N–H and O–H groups in total. The highest BCUT2D eigenvalue weighted by Crippen LogP contribution is 2.50. The lowest BCUT2D eigenvalue weighted by atomic mass is 9.98. The number of thiazole rings is 3. The van der Waals surface area contributed by atoms with Gasteiger partial charge in [0.25, 0.3) is 0 Å². The van der Waals surface area contributed by atoms with Crippen molar-refractivity contribution in [3.8, 4) is 53.3 Å². The number of carbonyl (C=O) groups excluding carboxylic acids is 4. The molecule has 0 bridgehead atoms. The van der Waals surface area contributed by atoms with E-state index in [0.29, 0.717) is 86.6 Å². The van der Waals surface area contributed by atoms with E-state index in [4.69, 9.17) is 15.0 Å². The Morgan fingerprint density at radius 2 is 1.13 bits per heavy atom. The molecule has 0 radical (unpaired) electrons. The number of Topliss-reactive ketones (excluding diaryl/α,β-unsaturated/α-hetero) is 2. The van der Waals surface area contributed by atoms with Crippen LogP contribution in [0, 0.1) is 17.7 Å². The van der Waals surface area contributed by atoms with Crippen molar-refractivity contribution in [3.05, 3.63) is 179 Å². The SMILES string of the molecule is CC(C)CCCC(=O)Cc1sc2c(c1-c1nc3cc(-c4cnn(C)c4)ccc3s1)CCNC2.CC(C)N1CCc2c(sc(NC(=O)CCNCc3cn[nH]c3)c2-c2nc3ccccc3s2)C1.CCCC(=O)Nc1sc2c(c1-c1cc3ccccc3s1)CCNC2.CC[C@H](C)CCCC(=O)Cc1sc2c(c1-c1nc3cc(F)ccc3s1)CCNC2. The van der Waals surface area contributed by atoms with Gasteiger partial charge >= 0.3 is 0 Å². The van der Waals surface area contributed by atoms with Crippen LogP contribution in [-0.4, -0.2) is 102 Å². The number of carbonyl (C=O) groups is 4. The van der Waals surface area contributed by atoms with E-state index >= 15 is 0 Å². The van der Waals surface area contributed by atoms with Gasteiger partial charge in [-0.05, 0) is 172 Å². The number of halogens is 1. The van der Waals surface area contributed by atoms with Gasteiger partial charge in [-0.1, -0.05) is 90.3 Å². The van der Waals surface area contributed by atoms with Crippen LogP contribution >= 0.6 is 90.7 Å². The molecule has 0 unspecified atom stereocenters. The number of benzene rings is 4. The molecule has 0 aliphatic carbocycles. The van der Waals surface area contributed by atoms with Gasteiger partial charge in [-0.25, -0.2) is 19.3 Å². The summed E-state index contributed by atoms with van der Waals surface area (Å²) < 4.78 is 20.1. The number of anilines is 2. The number of hydrogen-bond acceptors (Lipinski definition) is 22. The van der Waals surface area contributed by atoms with E-state index in [9.17, 15) is 23.6 Å². The second-order valence-corrected chi connectivity index (χ2v) is 40.8. The molecule has 4 aromatic carbocycles. The number of hydrogen-bond donors (Lipinski definition) is 7. The van der Waals surface area contributed by atoms with Crippen LogP contribution in [0.1, 0.15) is 170 Å². The van der Waals surface area contributed by atoms with Crippen molar-refractivity contribution < 1.29 is 23.6 Å². The number of ketones is 2. The molecule has 10 aromatic heterocycles. The maximum absolute atomic E-state index is 13.6. The molecule has 1 atom stereocenters. The first-order chi connectivity index (χ1) is 57.9. The van der Waals surface area contributed by atoms with Crippen molar-refractivity contribution in [2.75, 3.05) is 43.4 Å². The molecule has 0 fully saturated rings. The molecular weight excluding hydrogens is 1640 g/mol. The summed E-state index contributed by atoms with van der Waals surface area (Å²) in [6, 6.07) is 30.7. The number of para-hydroxylation sites is 1. The van der Waals surface area contributed by atoms with Crippen molar-refractivity contribution >= 4 is 165 Å². The van der Waals surface area contributed by atoms with E-state index in [1.165, 1.54) is 101 Å². The first kappa shape index (κ1) is 85.7. The summed E-state index contributed by atoms with van der Waals surface area (Å²) in [5.74, 6) is 1.87. The number of amides is 2. The Bertz CT molecular complexity index is 5800. The second-order valence-electron chi connectivity index (χ2n) is 32.0. The van der Waals surface area contributed by atoms with Crippen molar-refractivity contribution in [2.24, 2.45) is 18.9 Å². The maximum Gasteiger partial charge on any atom is 0.226 e. The smallest absolute Gasteiger partial charge is 0.226 e. The summed E-state index contributed by atoms with van der Waals surface area (Å²) in [6.45, 7) is 24.3. The van der Waals surface area contributed by atoms with Crippen LogP contribution in [0.25, 0.3) is 94.0 Å². The predicted molar refractivity (Wildman–Crippen MR) is 498 cm³/mol. The quantitative estimate of drug-likeness (QED) is 0.0226. The van der Waals surface area contributed by atoms with E-state index in [0.717, 1.165) is 184 Å². The summed E-state index contributed by atoms with van der Waals surface area (Å²) in [5, 5.41) is 37.3. The Hall–Kier alpha value is -8.26. The van der Waals surface area contributed by atoms with Gasteiger partial charge in [0.05, 0.1) is 43.0 Å². The highest BCUT2D eigenvalue weighted by Gasteiger charge is 2.32. The molecule has 27 heteroatoms. The molecular formula is C92H105FN14O4S8. The molecule has 0 saturated carbocycles. The van der Waals surface area contributed by atoms with Crippen molar-refractivity contribution in [3.63, 3.8) is 0 Å². The lowest BCUT2D eigenvalue weighted by Crippen LogP contribution is -2.35. The lowest BCUT2D eigenvalue weighted by molar-refractivity contribution is -0.119. The Morgan fingerprint density at radius 3 is 1.74 bits per heavy atom. The number of nitrogens with zero attached hydrogens (tertiary/aromatic N) is 7. The number of nitrogens with one attached hydrogen (secondary N) is 7. The van der Waals surface area contributed by atoms with Gasteiger partial charge in [0.15, 0.2) is 0 Å². The van der Waals surface area contributed by atoms with Crippen LogP contribution < -0.4 is 31.9 Å². The van der Waals surface area contributed by atoms with Gasteiger partial charge in [0.2, 0.25) is 11.8 Å². The normalized spacial score (nSPS) is 14.1. The summed E-state index contributed by atoms with van der Waals surface area (Å²) in [6.07, 6.45) is 21.1. The van der Waals surface area contributed by atoms with E-state index in [2.05, 4.69) is 154 Å². The van der Waals surface area contributed by atoms with Gasteiger partial charge in [-0.2, -0.15) is 10.2 Å². The first-order valence-corrected chi connectivity index (χ1v) is 48.4. The lowest BCUT2D eigenvalue weighted by Gasteiger charge is -2.30. The van der Waals surface area contributed by atoms with E-state index < -0.39 is 0 Å². The summed E-state index contributed by atoms with van der Waals surface area (Å²) >= 11 is 13.9. The van der Waals surface area contributed by atoms with Crippen molar-refractivity contribution in [1.29, 1.82) is 0 Å². The fourth-order valence-corrected chi connectivity index (χ4v) is 25.6. The number of rotatable bonds is 28. The number of aryl methyl sites for hydroxylation is 1. The monoisotopic (exact) mass is 1740 g/mol. The highest BCUT2D eigenvalue weighted by atomic mass is 32.1. The third-order valence-electron chi connectivity index (χ3n) is 22.3. The largest absolute Gasteiger partial charge is 0.317 e. The van der Waals surface area contributed by atoms with E-state index in [1.807, 2.05) is 72.1 Å². The number of H-pyrrole nitrogens is 1. The highest BCUT2D eigenvalue weighted by molar-refractivity contribution is 7.24. The molecule has 14 aromatic rings. The summed E-state index contributed by atoms with van der Waals surface area (Å²) in [4.78, 5) is 76.8. The minimum absolute atomic E-state index is 0.0244. The topological polar surface area (TPSA) is 229 Å². The second kappa shape index (κ2) is 40.2. The summed E-state index contributed by atoms with van der Waals surface area (Å²) in [5.41, 5.74) is 16.3. The van der Waals surface area contributed by atoms with Crippen molar-refractivity contribution in [2.45, 2.75) is 190 Å². The predicted octanol–water partition coefficient (Wildman–Crippen LogP) is 21.8. The van der Waals surface area contributed by atoms with E-state index in [1.54, 1.807) is 80.3 Å². The molecule has 4 aliphatic heterocycles. The molecule has 0 spiro atoms. The Balaban J connectivity index is 0.000000125. The van der Waals surface area contributed by atoms with Crippen molar-refractivity contribution in [1.82, 2.24) is 61.1 Å². The van der Waals surface area contributed by atoms with Gasteiger partial charge in [-0.15, -0.1) is 90.7 Å². The number of fused-ring (bicyclic) bond motifs is 8. The first-order valence-electron chi connectivity index (χ1n) is 41.9. The van der Waals surface area contributed by atoms with Crippen LogP contribution in [0.5, 0.6) is 0 Å². The van der Waals surface area contributed by atoms with E-state index in [-0.39, 0.29) is 17.6 Å². The number of thiophene rings is 5. The van der Waals surface area contributed by atoms with Crippen LogP contribution in [0.3, 0.4) is 0 Å². The third-order valence-corrected chi connectivity index (χ3v) is 31.4. The Labute approximate surface area is 727 Å². The molecule has 14 heterocycles. The Kier molecular flexibility index (Phi) is 28.9. The Morgan fingerprint density at radius 1 is 0.555 bits per heavy atom. The third kappa shape index (κ3) is 21.1. The zero-order chi connectivity index (χ0) is 82.6. The van der Waals surface area contributed by atoms with Crippen LogP contribution in [0.2, 0.25) is 0 Å². The molecule has 4 aliphatic rings. The van der Waals surface area contributed by atoms with Crippen LogP contribution in [0.4, 0.5) is 14.4 Å². The molecule has 0 saturated heterocycles. The number of aromatic nitrogens is 7. The van der Waals surface area contributed by atoms with Crippen LogP contribution in [0.15, 0.2) is 116 Å². The number of aromatic amines is 1. The van der Waals surface area contributed by atoms with Crippen LogP contribution in [-0.2, 0) is 97.5 Å². The van der Waals surface area contributed by atoms with Gasteiger partial charge < -0.3 is 31.9 Å². The molecule has 119 heavy (non-hydrogen) atoms. The van der Waals surface area contributed by atoms with Gasteiger partial charge in [0, 0.05) is 188 Å². The molecule has 622 valence electrons. The minimum atomic E-state index is -0.261. The van der Waals surface area contributed by atoms with Gasteiger partial charge in [0.1, 0.15) is 42.4 Å². The standard InChI is InChI=1S/C26H30N4OS2.C24H28N6OS2.C23H27FN2OS2.C19H20N2OS2/c1-16(2)5-4-6-19(31)12-23-25(20-9-10-27-14-24(20)32-23)26-29-21-11-17(7-8-22(21)33-26)18-13-28-30(3)15-18;1-15(2)30-10-8-17-20(14-30)33-24(22(17)23-28-18-5-3-4-6-19(18)32-23)29-21(31)7-9-25-11-16-12-26-27-13-16;1-3-14(2)5-4-6-16(27)12-20-22(17-9-10-25-13-21(17)28-20)23-26-18-11-15(24)7-8-19(18)29-23;1-2-5-17(22)21-19-18(13-8-9-20-11-16(13)24-19)15-10-12-6-3-4-7-14(12)23-15/h7-8,11,13,15-16,27H,4-6,9-10,12,14H2,1-3H3;3-6,12-13,15,25H,7-11,14H2,1-2H3,(H,26,27)(H,29,31);7-8,11,14,25H,3-6,9-10,12-13H2,1-2H3;3-4,6-7,10,20H,2,5,8-9,11H2,1H3,(H,21,22)/t;;14-;/m..0./s1. The zero-order valence-corrected chi connectivity index (χ0v) is 75.5. The molecule has 18 rings (SSSR count). The fraction of sp³-hybridized carbons (Fsp3) is 0.402. The average molecular weight is 1750 g/mol.